The van der Waals surface area contributed by atoms with Crippen LogP contribution in [0.1, 0.15) is 29.5 Å². The van der Waals surface area contributed by atoms with E-state index in [0.717, 1.165) is 18.6 Å². The van der Waals surface area contributed by atoms with Gasteiger partial charge in [-0.3, -0.25) is 4.79 Å². The van der Waals surface area contributed by atoms with E-state index in [0.29, 0.717) is 0 Å². The zero-order chi connectivity index (χ0) is 14.5. The Kier molecular flexibility index (Phi) is 4.30. The van der Waals surface area contributed by atoms with Gasteiger partial charge in [-0.25, -0.2) is 0 Å². The monoisotopic (exact) mass is 275 g/mol. The maximum Gasteiger partial charge on any atom is 0.251 e. The number of rotatable bonds is 5. The van der Waals surface area contributed by atoms with Crippen LogP contribution in [0, 0.1) is 0 Å². The third-order valence-electron chi connectivity index (χ3n) is 2.95. The lowest BCUT2D eigenvalue weighted by atomic mass is 10.1. The number of benzene rings is 1. The number of phenolic OH excluding ortho intramolecular Hbond substituents is 2. The molecule has 1 unspecified atom stereocenters. The van der Waals surface area contributed by atoms with Crippen LogP contribution >= 0.6 is 0 Å². The van der Waals surface area contributed by atoms with Gasteiger partial charge in [-0.1, -0.05) is 0 Å². The second-order valence-electron chi connectivity index (χ2n) is 4.73. The van der Waals surface area contributed by atoms with Crippen molar-refractivity contribution in [2.45, 2.75) is 25.8 Å². The number of aromatic hydroxyl groups is 2. The van der Waals surface area contributed by atoms with Crippen LogP contribution in [0.4, 0.5) is 0 Å². The van der Waals surface area contributed by atoms with Crippen LogP contribution in [0.2, 0.25) is 0 Å². The molecule has 2 rings (SSSR count). The molecule has 5 heteroatoms. The van der Waals surface area contributed by atoms with Crippen LogP contribution in [0.3, 0.4) is 0 Å². The van der Waals surface area contributed by atoms with E-state index in [2.05, 4.69) is 5.32 Å². The first-order valence-electron chi connectivity index (χ1n) is 6.41. The van der Waals surface area contributed by atoms with Crippen molar-refractivity contribution in [2.24, 2.45) is 0 Å². The molecule has 1 aromatic carbocycles. The van der Waals surface area contributed by atoms with Crippen molar-refractivity contribution in [3.8, 4) is 11.5 Å². The molecule has 1 heterocycles. The third kappa shape index (κ3) is 3.78. The minimum atomic E-state index is -0.330. The van der Waals surface area contributed by atoms with E-state index < -0.39 is 0 Å². The average Bonchev–Trinajstić information content (AvgIpc) is 2.88. The Bertz CT molecular complexity index is 557. The summed E-state index contributed by atoms with van der Waals surface area (Å²) in [6.45, 7) is 1.89. The van der Waals surface area contributed by atoms with Crippen molar-refractivity contribution in [3.05, 3.63) is 47.9 Å². The molecule has 20 heavy (non-hydrogen) atoms. The summed E-state index contributed by atoms with van der Waals surface area (Å²) in [7, 11) is 0. The molecule has 0 aliphatic heterocycles. The number of phenols is 2. The fourth-order valence-electron chi connectivity index (χ4n) is 1.92. The average molecular weight is 275 g/mol. The van der Waals surface area contributed by atoms with E-state index in [-0.39, 0.29) is 29.0 Å². The van der Waals surface area contributed by atoms with Crippen LogP contribution in [0.25, 0.3) is 0 Å². The van der Waals surface area contributed by atoms with Crippen molar-refractivity contribution in [3.63, 3.8) is 0 Å². The second kappa shape index (κ2) is 6.14. The van der Waals surface area contributed by atoms with Gasteiger partial charge in [0.1, 0.15) is 17.3 Å². The quantitative estimate of drug-likeness (QED) is 0.782. The first-order valence-corrected chi connectivity index (χ1v) is 6.41. The van der Waals surface area contributed by atoms with Crippen molar-refractivity contribution in [1.82, 2.24) is 5.32 Å². The molecule has 0 bridgehead atoms. The van der Waals surface area contributed by atoms with Gasteiger partial charge in [0.05, 0.1) is 6.26 Å². The first kappa shape index (κ1) is 14.0. The van der Waals surface area contributed by atoms with Gasteiger partial charge >= 0.3 is 0 Å². The topological polar surface area (TPSA) is 82.7 Å². The van der Waals surface area contributed by atoms with E-state index in [1.54, 1.807) is 6.26 Å². The van der Waals surface area contributed by atoms with Crippen molar-refractivity contribution in [2.75, 3.05) is 0 Å². The molecule has 0 aliphatic rings. The van der Waals surface area contributed by atoms with E-state index >= 15 is 0 Å². The van der Waals surface area contributed by atoms with Crippen molar-refractivity contribution >= 4 is 5.91 Å². The van der Waals surface area contributed by atoms with Gasteiger partial charge in [-0.05, 0) is 37.6 Å². The van der Waals surface area contributed by atoms with E-state index in [9.17, 15) is 15.0 Å². The van der Waals surface area contributed by atoms with Gasteiger partial charge in [-0.15, -0.1) is 0 Å². The van der Waals surface area contributed by atoms with E-state index in [1.807, 2.05) is 19.1 Å². The summed E-state index contributed by atoms with van der Waals surface area (Å²) in [6.07, 6.45) is 3.10. The SMILES string of the molecule is CC(CCc1ccco1)NC(=O)c1cc(O)cc(O)c1. The predicted molar refractivity (Wildman–Crippen MR) is 73.7 cm³/mol. The Morgan fingerprint density at radius 3 is 2.60 bits per heavy atom. The summed E-state index contributed by atoms with van der Waals surface area (Å²) in [5, 5.41) is 21.5. The Hall–Kier alpha value is -2.43. The molecule has 0 fully saturated rings. The highest BCUT2D eigenvalue weighted by Crippen LogP contribution is 2.20. The zero-order valence-electron chi connectivity index (χ0n) is 11.2. The molecule has 0 spiro atoms. The number of carbonyl (C=O) groups excluding carboxylic acids is 1. The van der Waals surface area contributed by atoms with Crippen molar-refractivity contribution in [1.29, 1.82) is 0 Å². The molecule has 106 valence electrons. The highest BCUT2D eigenvalue weighted by atomic mass is 16.3. The van der Waals surface area contributed by atoms with Gasteiger partial charge in [0.2, 0.25) is 0 Å². The lowest BCUT2D eigenvalue weighted by Gasteiger charge is -2.13. The van der Waals surface area contributed by atoms with E-state index in [1.165, 1.54) is 18.2 Å². The van der Waals surface area contributed by atoms with Gasteiger partial charge in [0.25, 0.3) is 5.91 Å². The minimum absolute atomic E-state index is 0.0444. The van der Waals surface area contributed by atoms with E-state index in [4.69, 9.17) is 4.42 Å². The molecule has 1 amide bonds. The molecule has 0 aliphatic carbocycles. The van der Waals surface area contributed by atoms with Crippen LogP contribution in [-0.4, -0.2) is 22.2 Å². The standard InChI is InChI=1S/C15H17NO4/c1-10(4-5-14-3-2-6-20-14)16-15(19)11-7-12(17)9-13(18)8-11/h2-3,6-10,17-18H,4-5H2,1H3,(H,16,19). The number of hydrogen-bond donors (Lipinski definition) is 3. The lowest BCUT2D eigenvalue weighted by molar-refractivity contribution is 0.0937. The van der Waals surface area contributed by atoms with Gasteiger partial charge in [0, 0.05) is 24.1 Å². The summed E-state index contributed by atoms with van der Waals surface area (Å²) in [5.41, 5.74) is 0.229. The Morgan fingerprint density at radius 1 is 1.30 bits per heavy atom. The fraction of sp³-hybridized carbons (Fsp3) is 0.267. The van der Waals surface area contributed by atoms with Crippen LogP contribution in [0.15, 0.2) is 41.0 Å². The second-order valence-corrected chi connectivity index (χ2v) is 4.73. The molecule has 0 saturated heterocycles. The molecule has 0 saturated carbocycles. The van der Waals surface area contributed by atoms with Crippen molar-refractivity contribution < 1.29 is 19.4 Å². The fourth-order valence-corrected chi connectivity index (χ4v) is 1.92. The number of carbonyl (C=O) groups is 1. The number of nitrogens with one attached hydrogen (secondary N) is 1. The Balaban J connectivity index is 1.90. The number of amides is 1. The van der Waals surface area contributed by atoms with Gasteiger partial charge < -0.3 is 19.9 Å². The summed E-state index contributed by atoms with van der Waals surface area (Å²) < 4.78 is 5.23. The predicted octanol–water partition coefficient (Wildman–Crippen LogP) is 2.44. The number of furan rings is 1. The largest absolute Gasteiger partial charge is 0.508 e. The highest BCUT2D eigenvalue weighted by molar-refractivity contribution is 5.95. The smallest absolute Gasteiger partial charge is 0.251 e. The van der Waals surface area contributed by atoms with Crippen LogP contribution in [0.5, 0.6) is 11.5 Å². The Morgan fingerprint density at radius 2 is 2.00 bits per heavy atom. The summed E-state index contributed by atoms with van der Waals surface area (Å²) in [6, 6.07) is 7.48. The minimum Gasteiger partial charge on any atom is -0.508 e. The molecule has 1 aromatic heterocycles. The molecule has 1 atom stereocenters. The molecule has 5 nitrogen and oxygen atoms in total. The molecule has 0 radical (unpaired) electrons. The normalized spacial score (nSPS) is 12.1. The van der Waals surface area contributed by atoms with Gasteiger partial charge in [0.15, 0.2) is 0 Å². The lowest BCUT2D eigenvalue weighted by Crippen LogP contribution is -2.32. The summed E-state index contributed by atoms with van der Waals surface area (Å²) >= 11 is 0. The summed E-state index contributed by atoms with van der Waals surface area (Å²) in [4.78, 5) is 12.0. The third-order valence-corrected chi connectivity index (χ3v) is 2.95. The molecular formula is C15H17NO4. The molecule has 3 N–H and O–H groups in total. The zero-order valence-corrected chi connectivity index (χ0v) is 11.2. The first-order chi connectivity index (χ1) is 9.54. The van der Waals surface area contributed by atoms with Gasteiger partial charge in [-0.2, -0.15) is 0 Å². The van der Waals surface area contributed by atoms with Crippen LogP contribution in [-0.2, 0) is 6.42 Å². The summed E-state index contributed by atoms with van der Waals surface area (Å²) in [5.74, 6) is 0.265. The Labute approximate surface area is 116 Å². The maximum atomic E-state index is 12.0. The maximum absolute atomic E-state index is 12.0. The number of hydrogen-bond acceptors (Lipinski definition) is 4. The number of aryl methyl sites for hydroxylation is 1. The van der Waals surface area contributed by atoms with Crippen LogP contribution < -0.4 is 5.32 Å². The molecule has 2 aromatic rings. The molecular weight excluding hydrogens is 258 g/mol. The highest BCUT2D eigenvalue weighted by Gasteiger charge is 2.12.